The van der Waals surface area contributed by atoms with Gasteiger partial charge >= 0.3 is 18.1 Å². The Morgan fingerprint density at radius 2 is 1.67 bits per heavy atom. The summed E-state index contributed by atoms with van der Waals surface area (Å²) in [6.45, 7) is 0.554. The molecule has 1 fully saturated rings. The van der Waals surface area contributed by atoms with E-state index in [0.717, 1.165) is 44.2 Å². The number of halogens is 3. The van der Waals surface area contributed by atoms with Crippen molar-refractivity contribution in [3.8, 4) is 0 Å². The van der Waals surface area contributed by atoms with Crippen LogP contribution >= 0.6 is 0 Å². The first-order chi connectivity index (χ1) is 14.3. The summed E-state index contributed by atoms with van der Waals surface area (Å²) in [5.74, 6) is -1.38. The molecule has 0 radical (unpaired) electrons. The first-order valence-electron chi connectivity index (χ1n) is 10.4. The summed E-state index contributed by atoms with van der Waals surface area (Å²) in [4.78, 5) is 28.0. The molecule has 0 bridgehead atoms. The van der Waals surface area contributed by atoms with Crippen molar-refractivity contribution in [2.45, 2.75) is 63.6 Å². The van der Waals surface area contributed by atoms with Gasteiger partial charge in [0.05, 0.1) is 25.8 Å². The number of benzene rings is 1. The number of methoxy groups -OCH3 is 2. The van der Waals surface area contributed by atoms with Gasteiger partial charge in [-0.2, -0.15) is 13.2 Å². The van der Waals surface area contributed by atoms with Crippen molar-refractivity contribution in [2.75, 3.05) is 25.7 Å². The van der Waals surface area contributed by atoms with Crippen molar-refractivity contribution in [3.05, 3.63) is 29.3 Å². The Morgan fingerprint density at radius 3 is 2.30 bits per heavy atom. The van der Waals surface area contributed by atoms with Crippen molar-refractivity contribution >= 4 is 17.6 Å². The molecular formula is C22H28F3NO4. The molecule has 1 saturated heterocycles. The summed E-state index contributed by atoms with van der Waals surface area (Å²) in [6, 6.07) is 3.16. The van der Waals surface area contributed by atoms with Gasteiger partial charge in [-0.15, -0.1) is 0 Å². The fourth-order valence-electron chi connectivity index (χ4n) is 4.93. The third-order valence-corrected chi connectivity index (χ3v) is 6.43. The molecule has 5 nitrogen and oxygen atoms in total. The Labute approximate surface area is 174 Å². The maximum absolute atomic E-state index is 13.3. The SMILES string of the molecule is COC(=O)C1(C(=O)OC)CCc2cc(C(F)(F)F)ccc2N2CCCCCCCC21. The Bertz CT molecular complexity index is 777. The number of hydrogen-bond donors (Lipinski definition) is 0. The van der Waals surface area contributed by atoms with Crippen LogP contribution in [0.4, 0.5) is 18.9 Å². The smallest absolute Gasteiger partial charge is 0.416 e. The van der Waals surface area contributed by atoms with Gasteiger partial charge in [-0.1, -0.05) is 25.7 Å². The zero-order valence-electron chi connectivity index (χ0n) is 17.4. The van der Waals surface area contributed by atoms with Crippen LogP contribution in [0.2, 0.25) is 0 Å². The average molecular weight is 427 g/mol. The van der Waals surface area contributed by atoms with Crippen LogP contribution in [0, 0.1) is 5.41 Å². The fraction of sp³-hybridized carbons (Fsp3) is 0.636. The van der Waals surface area contributed by atoms with Crippen molar-refractivity contribution in [3.63, 3.8) is 0 Å². The maximum atomic E-state index is 13.3. The Morgan fingerprint density at radius 1 is 1.03 bits per heavy atom. The van der Waals surface area contributed by atoms with Crippen molar-refractivity contribution in [2.24, 2.45) is 5.41 Å². The van der Waals surface area contributed by atoms with Gasteiger partial charge < -0.3 is 14.4 Å². The summed E-state index contributed by atoms with van der Waals surface area (Å²) in [5.41, 5.74) is -1.16. The summed E-state index contributed by atoms with van der Waals surface area (Å²) >= 11 is 0. The number of rotatable bonds is 2. The van der Waals surface area contributed by atoms with Gasteiger partial charge in [0.1, 0.15) is 0 Å². The van der Waals surface area contributed by atoms with E-state index in [4.69, 9.17) is 9.47 Å². The molecule has 1 unspecified atom stereocenters. The number of esters is 2. The van der Waals surface area contributed by atoms with Crippen LogP contribution < -0.4 is 4.90 Å². The molecule has 1 atom stereocenters. The molecule has 0 amide bonds. The zero-order chi connectivity index (χ0) is 21.9. The molecule has 2 heterocycles. The zero-order valence-corrected chi connectivity index (χ0v) is 17.4. The van der Waals surface area contributed by atoms with Gasteiger partial charge in [0.2, 0.25) is 0 Å². The van der Waals surface area contributed by atoms with Crippen molar-refractivity contribution in [1.82, 2.24) is 0 Å². The second kappa shape index (κ2) is 8.86. The Kier molecular flexibility index (Phi) is 6.62. The highest BCUT2D eigenvalue weighted by atomic mass is 19.4. The lowest BCUT2D eigenvalue weighted by atomic mass is 9.73. The van der Waals surface area contributed by atoms with Crippen LogP contribution in [-0.4, -0.2) is 38.7 Å². The van der Waals surface area contributed by atoms with Crippen LogP contribution in [0.3, 0.4) is 0 Å². The number of anilines is 1. The Balaban J connectivity index is 2.19. The van der Waals surface area contributed by atoms with Crippen LogP contribution in [0.5, 0.6) is 0 Å². The number of aryl methyl sites for hydroxylation is 1. The molecule has 1 aromatic carbocycles. The predicted octanol–water partition coefficient (Wildman–Crippen LogP) is 4.51. The molecule has 0 saturated carbocycles. The van der Waals surface area contributed by atoms with Crippen molar-refractivity contribution < 1.29 is 32.2 Å². The van der Waals surface area contributed by atoms with Crippen LogP contribution in [0.25, 0.3) is 0 Å². The fourth-order valence-corrected chi connectivity index (χ4v) is 4.93. The molecular weight excluding hydrogens is 399 g/mol. The van der Waals surface area contributed by atoms with E-state index in [1.165, 1.54) is 20.3 Å². The molecule has 8 heteroatoms. The van der Waals surface area contributed by atoms with E-state index >= 15 is 0 Å². The second-order valence-electron chi connectivity index (χ2n) is 8.06. The minimum absolute atomic E-state index is 0.0435. The number of nitrogens with zero attached hydrogens (tertiary/aromatic N) is 1. The molecule has 30 heavy (non-hydrogen) atoms. The summed E-state index contributed by atoms with van der Waals surface area (Å²) < 4.78 is 50.1. The van der Waals surface area contributed by atoms with E-state index in [1.54, 1.807) is 0 Å². The molecule has 3 rings (SSSR count). The van der Waals surface area contributed by atoms with Gasteiger partial charge in [-0.05, 0) is 49.4 Å². The minimum Gasteiger partial charge on any atom is -0.468 e. The quantitative estimate of drug-likeness (QED) is 0.513. The summed E-state index contributed by atoms with van der Waals surface area (Å²) in [5, 5.41) is 0. The molecule has 0 aliphatic carbocycles. The third kappa shape index (κ3) is 4.01. The van der Waals surface area contributed by atoms with Gasteiger partial charge in [-0.3, -0.25) is 9.59 Å². The van der Waals surface area contributed by atoms with Gasteiger partial charge in [-0.25, -0.2) is 0 Å². The molecule has 2 aliphatic heterocycles. The number of hydrogen-bond acceptors (Lipinski definition) is 5. The topological polar surface area (TPSA) is 55.8 Å². The number of fused-ring (bicyclic) bond motifs is 3. The monoisotopic (exact) mass is 427 g/mol. The first-order valence-corrected chi connectivity index (χ1v) is 10.4. The number of alkyl halides is 3. The summed E-state index contributed by atoms with van der Waals surface area (Å²) in [7, 11) is 2.46. The lowest BCUT2D eigenvalue weighted by Crippen LogP contribution is -2.57. The predicted molar refractivity (Wildman–Crippen MR) is 105 cm³/mol. The van der Waals surface area contributed by atoms with Gasteiger partial charge in [0.15, 0.2) is 5.41 Å². The van der Waals surface area contributed by atoms with Crippen LogP contribution in [0.1, 0.15) is 56.1 Å². The average Bonchev–Trinajstić information content (AvgIpc) is 2.78. The highest BCUT2D eigenvalue weighted by Gasteiger charge is 2.57. The third-order valence-electron chi connectivity index (χ3n) is 6.43. The number of carbonyl (C=O) groups is 2. The van der Waals surface area contributed by atoms with E-state index < -0.39 is 35.1 Å². The van der Waals surface area contributed by atoms with E-state index in [1.807, 2.05) is 4.90 Å². The van der Waals surface area contributed by atoms with Crippen molar-refractivity contribution in [1.29, 1.82) is 0 Å². The molecule has 0 aromatic heterocycles. The molecule has 0 N–H and O–H groups in total. The lowest BCUT2D eigenvalue weighted by molar-refractivity contribution is -0.171. The molecule has 2 aliphatic rings. The van der Waals surface area contributed by atoms with E-state index in [9.17, 15) is 22.8 Å². The minimum atomic E-state index is -4.46. The maximum Gasteiger partial charge on any atom is 0.416 e. The molecule has 0 spiro atoms. The highest BCUT2D eigenvalue weighted by molar-refractivity contribution is 6.01. The van der Waals surface area contributed by atoms with E-state index in [2.05, 4.69) is 0 Å². The highest BCUT2D eigenvalue weighted by Crippen LogP contribution is 2.45. The van der Waals surface area contributed by atoms with E-state index in [0.29, 0.717) is 24.2 Å². The number of ether oxygens (including phenoxy) is 2. The molecule has 1 aromatic rings. The van der Waals surface area contributed by atoms with E-state index in [-0.39, 0.29) is 12.8 Å². The summed E-state index contributed by atoms with van der Waals surface area (Å²) in [6.07, 6.45) is 0.941. The largest absolute Gasteiger partial charge is 0.468 e. The molecule has 166 valence electrons. The number of carbonyl (C=O) groups excluding carboxylic acids is 2. The van der Waals surface area contributed by atoms with Crippen LogP contribution in [0.15, 0.2) is 18.2 Å². The normalized spacial score (nSPS) is 21.8. The van der Waals surface area contributed by atoms with Gasteiger partial charge in [0.25, 0.3) is 0 Å². The standard InChI is InChI=1S/C22H28F3NO4/c1-29-19(27)21(20(28)30-2)12-11-15-14-16(22(23,24)25)9-10-17(15)26-13-7-5-3-4-6-8-18(21)26/h9-10,14,18H,3-8,11-13H2,1-2H3. The van der Waals surface area contributed by atoms with Crippen LogP contribution in [-0.2, 0) is 31.7 Å². The Hall–Kier alpha value is -2.25. The van der Waals surface area contributed by atoms with Gasteiger partial charge in [0, 0.05) is 12.2 Å². The second-order valence-corrected chi connectivity index (χ2v) is 8.06. The first kappa shape index (κ1) is 22.4. The lowest BCUT2D eigenvalue weighted by Gasteiger charge is -2.42.